The van der Waals surface area contributed by atoms with Crippen LogP contribution in [0.3, 0.4) is 0 Å². The maximum absolute atomic E-state index is 14.1. The lowest BCUT2D eigenvalue weighted by Gasteiger charge is -2.48. The number of likely N-dealkylation sites (tertiary alicyclic amines) is 1. The van der Waals surface area contributed by atoms with Gasteiger partial charge in [-0.05, 0) is 49.3 Å². The first-order chi connectivity index (χ1) is 19.1. The van der Waals surface area contributed by atoms with Crippen LogP contribution in [0.5, 0.6) is 0 Å². The van der Waals surface area contributed by atoms with Crippen LogP contribution in [0.4, 0.5) is 8.78 Å². The molecule has 1 aliphatic heterocycles. The van der Waals surface area contributed by atoms with Crippen molar-refractivity contribution in [1.29, 1.82) is 0 Å². The quantitative estimate of drug-likeness (QED) is 0.352. The largest absolute Gasteiger partial charge is 0.337 e. The van der Waals surface area contributed by atoms with Crippen molar-refractivity contribution in [1.82, 2.24) is 33.4 Å². The number of hydrogen-bond acceptors (Lipinski definition) is 4. The summed E-state index contributed by atoms with van der Waals surface area (Å²) in [5.41, 5.74) is 4.27. The summed E-state index contributed by atoms with van der Waals surface area (Å²) in [4.78, 5) is 22.7. The van der Waals surface area contributed by atoms with Crippen molar-refractivity contribution in [3.8, 4) is 5.69 Å². The van der Waals surface area contributed by atoms with Crippen LogP contribution in [-0.2, 0) is 26.1 Å². The Balaban J connectivity index is 1.26. The number of hydrogen-bond donors (Lipinski definition) is 0. The number of rotatable bonds is 6. The van der Waals surface area contributed by atoms with Crippen LogP contribution in [0.15, 0.2) is 41.5 Å². The molecule has 0 unspecified atom stereocenters. The molecule has 3 aliphatic rings. The summed E-state index contributed by atoms with van der Waals surface area (Å²) in [6.07, 6.45) is 7.76. The molecular formula is C30H37F2N7O. The van der Waals surface area contributed by atoms with Gasteiger partial charge in [0.15, 0.2) is 5.82 Å². The Morgan fingerprint density at radius 3 is 2.52 bits per heavy atom. The van der Waals surface area contributed by atoms with Crippen molar-refractivity contribution in [3.05, 3.63) is 69.9 Å². The van der Waals surface area contributed by atoms with Gasteiger partial charge in [-0.25, -0.2) is 18.4 Å². The predicted molar refractivity (Wildman–Crippen MR) is 148 cm³/mol. The third-order valence-corrected chi connectivity index (χ3v) is 9.57. The van der Waals surface area contributed by atoms with E-state index in [1.807, 2.05) is 48.3 Å². The number of alkyl halides is 2. The monoisotopic (exact) mass is 549 g/mol. The zero-order chi connectivity index (χ0) is 28.0. The minimum absolute atomic E-state index is 0.134. The van der Waals surface area contributed by atoms with E-state index in [4.69, 9.17) is 10.1 Å². The lowest BCUT2D eigenvalue weighted by Crippen LogP contribution is -2.48. The van der Waals surface area contributed by atoms with Crippen LogP contribution in [0.2, 0.25) is 0 Å². The molecule has 7 rings (SSSR count). The highest BCUT2D eigenvalue weighted by Crippen LogP contribution is 2.52. The normalized spacial score (nSPS) is 26.9. The summed E-state index contributed by atoms with van der Waals surface area (Å²) in [6.45, 7) is 5.00. The van der Waals surface area contributed by atoms with Gasteiger partial charge in [0.1, 0.15) is 0 Å². The van der Waals surface area contributed by atoms with Gasteiger partial charge in [0.2, 0.25) is 0 Å². The second-order valence-electron chi connectivity index (χ2n) is 12.7. The summed E-state index contributed by atoms with van der Waals surface area (Å²) >= 11 is 0. The van der Waals surface area contributed by atoms with Crippen molar-refractivity contribution in [2.45, 2.75) is 69.8 Å². The second kappa shape index (κ2) is 8.86. The van der Waals surface area contributed by atoms with Gasteiger partial charge in [-0.15, -0.1) is 5.10 Å². The summed E-state index contributed by atoms with van der Waals surface area (Å²) in [5.74, 6) is -1.29. The molecule has 4 aromatic rings. The van der Waals surface area contributed by atoms with E-state index in [2.05, 4.69) is 23.7 Å². The average molecular weight is 550 g/mol. The first-order valence-corrected chi connectivity index (χ1v) is 14.5. The zero-order valence-corrected chi connectivity index (χ0v) is 23.6. The Bertz CT molecular complexity index is 1650. The Hall–Kier alpha value is -3.27. The van der Waals surface area contributed by atoms with Crippen LogP contribution in [0.1, 0.15) is 74.6 Å². The number of fused-ring (bicyclic) bond motifs is 1. The molecule has 40 heavy (non-hydrogen) atoms. The fraction of sp³-hybridized carbons (Fsp3) is 0.567. The molecule has 0 spiro atoms. The third-order valence-electron chi connectivity index (χ3n) is 9.57. The van der Waals surface area contributed by atoms with Gasteiger partial charge in [0.25, 0.3) is 5.92 Å². The topological polar surface area (TPSA) is 65.3 Å². The standard InChI is InChI=1S/C30H37F2N7O/c1-19-13-29(14-19,27-34-36(4)35(27)3)22-6-5-7-24(12-22)38-18-25-26(21-8-9-21)33-23(17-39(25)28(38)40)16-37-11-10-30(31,32)20(2)15-37/h5-7,12,17-21H,8-11,13-16H2,1-4H3/t19?,20-,29?/m1/s1. The van der Waals surface area contributed by atoms with Crippen LogP contribution in [0.25, 0.3) is 11.2 Å². The van der Waals surface area contributed by atoms with E-state index >= 15 is 0 Å². The van der Waals surface area contributed by atoms with Crippen molar-refractivity contribution in [2.24, 2.45) is 25.9 Å². The summed E-state index contributed by atoms with van der Waals surface area (Å²) in [6, 6.07) is 8.32. The molecule has 0 bridgehead atoms. The Kier molecular flexibility index (Phi) is 5.69. The number of nitrogens with zero attached hydrogens (tertiary/aromatic N) is 7. The zero-order valence-electron chi connectivity index (χ0n) is 23.6. The SMILES string of the molecule is CC1CC(c2cccc(-n3cc4c(C5CC5)nc(CN5CCC(F)(F)[C@H](C)C5)cn4c3=O)c2)(c2nn(C)n2C)C1. The molecule has 8 nitrogen and oxygen atoms in total. The van der Waals surface area contributed by atoms with Crippen LogP contribution < -0.4 is 5.69 Å². The number of halogens is 2. The second-order valence-corrected chi connectivity index (χ2v) is 12.7. The highest BCUT2D eigenvalue weighted by molar-refractivity contribution is 5.56. The third kappa shape index (κ3) is 3.97. The van der Waals surface area contributed by atoms with Gasteiger partial charge in [-0.1, -0.05) is 26.0 Å². The van der Waals surface area contributed by atoms with Gasteiger partial charge in [0.05, 0.1) is 28.0 Å². The average Bonchev–Trinajstić information content (AvgIpc) is 3.71. The van der Waals surface area contributed by atoms with E-state index in [0.717, 1.165) is 54.1 Å². The van der Waals surface area contributed by atoms with Gasteiger partial charge in [0, 0.05) is 64.4 Å². The molecule has 4 heterocycles. The van der Waals surface area contributed by atoms with E-state index in [0.29, 0.717) is 31.5 Å². The molecule has 2 aliphatic carbocycles. The smallest absolute Gasteiger partial charge is 0.297 e. The number of aromatic nitrogens is 6. The van der Waals surface area contributed by atoms with E-state index in [9.17, 15) is 13.6 Å². The first-order valence-electron chi connectivity index (χ1n) is 14.5. The molecule has 0 radical (unpaired) electrons. The van der Waals surface area contributed by atoms with Crippen LogP contribution >= 0.6 is 0 Å². The maximum atomic E-state index is 14.1. The van der Waals surface area contributed by atoms with E-state index in [-0.39, 0.29) is 17.5 Å². The molecule has 2 saturated carbocycles. The molecule has 0 amide bonds. The van der Waals surface area contributed by atoms with Crippen molar-refractivity contribution in [3.63, 3.8) is 0 Å². The molecule has 1 atom stereocenters. The molecule has 0 N–H and O–H groups in total. The molecule has 3 fully saturated rings. The highest BCUT2D eigenvalue weighted by atomic mass is 19.3. The summed E-state index contributed by atoms with van der Waals surface area (Å²) in [7, 11) is 3.99. The Morgan fingerprint density at radius 2 is 1.88 bits per heavy atom. The van der Waals surface area contributed by atoms with Gasteiger partial charge >= 0.3 is 5.69 Å². The fourth-order valence-electron chi connectivity index (χ4n) is 7.02. The van der Waals surface area contributed by atoms with E-state index < -0.39 is 11.8 Å². The van der Waals surface area contributed by atoms with E-state index in [1.165, 1.54) is 5.56 Å². The summed E-state index contributed by atoms with van der Waals surface area (Å²) < 4.78 is 33.7. The van der Waals surface area contributed by atoms with E-state index in [1.54, 1.807) is 15.9 Å². The lowest BCUT2D eigenvalue weighted by atomic mass is 9.58. The van der Waals surface area contributed by atoms with Crippen molar-refractivity contribution in [2.75, 3.05) is 13.1 Å². The summed E-state index contributed by atoms with van der Waals surface area (Å²) in [5, 5.41) is 4.72. The van der Waals surface area contributed by atoms with Gasteiger partial charge < -0.3 is 0 Å². The van der Waals surface area contributed by atoms with Gasteiger partial charge in [-0.2, -0.15) is 0 Å². The molecule has 10 heteroatoms. The molecule has 3 aromatic heterocycles. The minimum Gasteiger partial charge on any atom is -0.297 e. The Morgan fingerprint density at radius 1 is 1.10 bits per heavy atom. The molecule has 212 valence electrons. The number of piperidine rings is 1. The Labute approximate surface area is 232 Å². The highest BCUT2D eigenvalue weighted by Gasteiger charge is 2.49. The maximum Gasteiger partial charge on any atom is 0.337 e. The number of aryl methyl sites for hydroxylation is 1. The van der Waals surface area contributed by atoms with Crippen molar-refractivity contribution >= 4 is 5.52 Å². The number of benzene rings is 1. The predicted octanol–water partition coefficient (Wildman–Crippen LogP) is 4.63. The molecular weight excluding hydrogens is 512 g/mol. The van der Waals surface area contributed by atoms with Crippen LogP contribution in [-0.4, -0.2) is 52.4 Å². The molecule has 1 saturated heterocycles. The van der Waals surface area contributed by atoms with Gasteiger partial charge in [-0.3, -0.25) is 23.5 Å². The lowest BCUT2D eigenvalue weighted by molar-refractivity contribution is -0.100. The van der Waals surface area contributed by atoms with Crippen LogP contribution in [0, 0.1) is 11.8 Å². The fourth-order valence-corrected chi connectivity index (χ4v) is 7.02. The molecule has 1 aromatic carbocycles. The first kappa shape index (κ1) is 25.7. The minimum atomic E-state index is -2.62. The van der Waals surface area contributed by atoms with Crippen molar-refractivity contribution < 1.29 is 8.78 Å². The number of imidazole rings is 1.